The summed E-state index contributed by atoms with van der Waals surface area (Å²) in [4.78, 5) is 29.7. The average Bonchev–Trinajstić information content (AvgIpc) is 2.94. The number of aromatic amines is 1. The fourth-order valence-corrected chi connectivity index (χ4v) is 2.83. The first-order valence-electron chi connectivity index (χ1n) is 8.56. The van der Waals surface area contributed by atoms with Crippen LogP contribution in [0, 0.1) is 13.8 Å². The van der Waals surface area contributed by atoms with E-state index in [1.807, 2.05) is 49.2 Å². The monoisotopic (exact) mass is 358 g/mol. The van der Waals surface area contributed by atoms with Crippen LogP contribution in [0.4, 0.5) is 0 Å². The van der Waals surface area contributed by atoms with Gasteiger partial charge in [-0.2, -0.15) is 0 Å². The molecule has 1 heterocycles. The number of carbonyl (C=O) groups is 2. The van der Waals surface area contributed by atoms with Crippen LogP contribution in [0.2, 0.25) is 0 Å². The molecule has 0 spiro atoms. The minimum Gasteiger partial charge on any atom is -0.492 e. The first-order valence-corrected chi connectivity index (χ1v) is 8.56. The quantitative estimate of drug-likeness (QED) is 0.580. The first-order chi connectivity index (χ1) is 12.4. The minimum absolute atomic E-state index is 0.0667. The van der Waals surface area contributed by atoms with E-state index >= 15 is 0 Å². The number of carbonyl (C=O) groups excluding carboxylic acids is 2. The fourth-order valence-electron chi connectivity index (χ4n) is 2.83. The molecule has 26 heavy (non-hydrogen) atoms. The van der Waals surface area contributed by atoms with Gasteiger partial charge in [0.05, 0.1) is 24.4 Å². The van der Waals surface area contributed by atoms with Gasteiger partial charge in [-0.3, -0.25) is 9.69 Å². The van der Waals surface area contributed by atoms with E-state index in [1.165, 1.54) is 7.11 Å². The summed E-state index contributed by atoms with van der Waals surface area (Å²) in [5, 5.41) is 0. The molecule has 0 amide bonds. The Hall–Kier alpha value is -2.60. The molecule has 0 bridgehead atoms. The van der Waals surface area contributed by atoms with E-state index in [1.54, 1.807) is 13.8 Å². The SMILES string of the molecule is COC(=O)c1c(C)[nH]c(C(=O)[C@H](C)N(C)CCOc2ccccc2)c1C. The third-order valence-corrected chi connectivity index (χ3v) is 4.57. The van der Waals surface area contributed by atoms with Gasteiger partial charge < -0.3 is 14.5 Å². The maximum atomic E-state index is 12.9. The van der Waals surface area contributed by atoms with E-state index in [0.717, 1.165) is 5.75 Å². The van der Waals surface area contributed by atoms with Gasteiger partial charge in [-0.25, -0.2) is 4.79 Å². The second kappa shape index (κ2) is 8.67. The Balaban J connectivity index is 2.01. The van der Waals surface area contributed by atoms with Crippen LogP contribution in [0.3, 0.4) is 0 Å². The van der Waals surface area contributed by atoms with E-state index in [2.05, 4.69) is 4.98 Å². The Morgan fingerprint density at radius 1 is 1.19 bits per heavy atom. The molecule has 1 atom stereocenters. The van der Waals surface area contributed by atoms with E-state index < -0.39 is 5.97 Å². The summed E-state index contributed by atoms with van der Waals surface area (Å²) in [7, 11) is 3.21. The van der Waals surface area contributed by atoms with Gasteiger partial charge in [0.25, 0.3) is 0 Å². The highest BCUT2D eigenvalue weighted by Gasteiger charge is 2.27. The smallest absolute Gasteiger partial charge is 0.339 e. The molecule has 1 aromatic heterocycles. The Morgan fingerprint density at radius 2 is 1.85 bits per heavy atom. The van der Waals surface area contributed by atoms with E-state index in [0.29, 0.717) is 35.7 Å². The van der Waals surface area contributed by atoms with Crippen LogP contribution in [0.5, 0.6) is 5.75 Å². The second-order valence-electron chi connectivity index (χ2n) is 6.30. The molecule has 1 aromatic carbocycles. The van der Waals surface area contributed by atoms with Crippen LogP contribution < -0.4 is 4.74 Å². The number of aromatic nitrogens is 1. The lowest BCUT2D eigenvalue weighted by molar-refractivity contribution is 0.0599. The standard InChI is InChI=1S/C20H26N2O4/c1-13-17(20(24)25-5)14(2)21-18(13)19(23)15(3)22(4)11-12-26-16-9-7-6-8-10-16/h6-10,15,21H,11-12H2,1-5H3/t15-/m0/s1. The summed E-state index contributed by atoms with van der Waals surface area (Å²) in [6.45, 7) is 6.45. The van der Waals surface area contributed by atoms with Crippen molar-refractivity contribution >= 4 is 11.8 Å². The third kappa shape index (κ3) is 4.32. The largest absolute Gasteiger partial charge is 0.492 e. The second-order valence-corrected chi connectivity index (χ2v) is 6.30. The highest BCUT2D eigenvalue weighted by atomic mass is 16.5. The van der Waals surface area contributed by atoms with Gasteiger partial charge >= 0.3 is 5.97 Å². The van der Waals surface area contributed by atoms with Crippen LogP contribution in [0.15, 0.2) is 30.3 Å². The molecule has 6 nitrogen and oxygen atoms in total. The summed E-state index contributed by atoms with van der Waals surface area (Å²) in [6, 6.07) is 9.21. The maximum Gasteiger partial charge on any atom is 0.339 e. The van der Waals surface area contributed by atoms with Gasteiger partial charge in [0.2, 0.25) is 0 Å². The molecule has 0 fully saturated rings. The Kier molecular flexibility index (Phi) is 6.58. The number of aryl methyl sites for hydroxylation is 1. The van der Waals surface area contributed by atoms with E-state index in [4.69, 9.17) is 9.47 Å². The Morgan fingerprint density at radius 3 is 2.46 bits per heavy atom. The lowest BCUT2D eigenvalue weighted by Gasteiger charge is -2.23. The number of Topliss-reactive ketones (excluding diaryl/α,β-unsaturated/α-hetero) is 1. The highest BCUT2D eigenvalue weighted by Crippen LogP contribution is 2.21. The normalized spacial score (nSPS) is 12.1. The number of ketones is 1. The zero-order valence-corrected chi connectivity index (χ0v) is 16.0. The molecule has 6 heteroatoms. The number of H-pyrrole nitrogens is 1. The molecule has 2 rings (SSSR count). The molecule has 0 radical (unpaired) electrons. The Bertz CT molecular complexity index is 768. The molecule has 140 valence electrons. The van der Waals surface area contributed by atoms with Crippen molar-refractivity contribution in [1.82, 2.24) is 9.88 Å². The molecule has 2 aromatic rings. The van der Waals surface area contributed by atoms with Crippen molar-refractivity contribution in [1.29, 1.82) is 0 Å². The minimum atomic E-state index is -0.437. The molecule has 0 aliphatic rings. The maximum absolute atomic E-state index is 12.9. The third-order valence-electron chi connectivity index (χ3n) is 4.57. The van der Waals surface area contributed by atoms with Gasteiger partial charge in [0, 0.05) is 12.2 Å². The number of nitrogens with zero attached hydrogens (tertiary/aromatic N) is 1. The lowest BCUT2D eigenvalue weighted by atomic mass is 10.0. The van der Waals surface area contributed by atoms with Crippen molar-refractivity contribution in [2.45, 2.75) is 26.8 Å². The zero-order valence-electron chi connectivity index (χ0n) is 16.0. The molecule has 0 aliphatic carbocycles. The van der Waals surface area contributed by atoms with Gasteiger partial charge in [-0.05, 0) is 45.5 Å². The van der Waals surface area contributed by atoms with Gasteiger partial charge in [-0.1, -0.05) is 18.2 Å². The molecule has 0 saturated carbocycles. The van der Waals surface area contributed by atoms with Crippen LogP contribution >= 0.6 is 0 Å². The number of methoxy groups -OCH3 is 1. The van der Waals surface area contributed by atoms with E-state index in [-0.39, 0.29) is 11.8 Å². The van der Waals surface area contributed by atoms with Gasteiger partial charge in [-0.15, -0.1) is 0 Å². The number of ether oxygens (including phenoxy) is 2. The lowest BCUT2D eigenvalue weighted by Crippen LogP contribution is -2.38. The van der Waals surface area contributed by atoms with Gasteiger partial charge in [0.15, 0.2) is 5.78 Å². The Labute approximate surface area is 154 Å². The van der Waals surface area contributed by atoms with Gasteiger partial charge in [0.1, 0.15) is 12.4 Å². The summed E-state index contributed by atoms with van der Waals surface area (Å²) in [5.74, 6) is 0.300. The number of esters is 1. The average molecular weight is 358 g/mol. The van der Waals surface area contributed by atoms with Crippen LogP contribution in [-0.2, 0) is 4.74 Å². The molecule has 0 unspecified atom stereocenters. The number of para-hydroxylation sites is 1. The fraction of sp³-hybridized carbons (Fsp3) is 0.400. The van der Waals surface area contributed by atoms with Crippen molar-refractivity contribution in [2.75, 3.05) is 27.3 Å². The number of benzene rings is 1. The predicted molar refractivity (Wildman–Crippen MR) is 100.0 cm³/mol. The number of hydrogen-bond donors (Lipinski definition) is 1. The molecule has 1 N–H and O–H groups in total. The number of hydrogen-bond acceptors (Lipinski definition) is 5. The summed E-state index contributed by atoms with van der Waals surface area (Å²) in [6.07, 6.45) is 0. The summed E-state index contributed by atoms with van der Waals surface area (Å²) < 4.78 is 10.5. The van der Waals surface area contributed by atoms with Crippen molar-refractivity contribution < 1.29 is 19.1 Å². The van der Waals surface area contributed by atoms with Crippen LogP contribution in [0.25, 0.3) is 0 Å². The van der Waals surface area contributed by atoms with Crippen molar-refractivity contribution in [3.8, 4) is 5.75 Å². The van der Waals surface area contributed by atoms with Crippen molar-refractivity contribution in [2.24, 2.45) is 0 Å². The summed E-state index contributed by atoms with van der Waals surface area (Å²) >= 11 is 0. The predicted octanol–water partition coefficient (Wildman–Crippen LogP) is 3.00. The topological polar surface area (TPSA) is 71.6 Å². The molecular weight excluding hydrogens is 332 g/mol. The van der Waals surface area contributed by atoms with Crippen LogP contribution in [0.1, 0.15) is 39.0 Å². The molecule has 0 aliphatic heterocycles. The summed E-state index contributed by atoms with van der Waals surface area (Å²) in [5.41, 5.74) is 2.14. The molecular formula is C20H26N2O4. The molecule has 0 saturated heterocycles. The number of rotatable bonds is 8. The highest BCUT2D eigenvalue weighted by molar-refractivity contribution is 6.03. The first kappa shape index (κ1) is 19.7. The number of nitrogens with one attached hydrogen (secondary N) is 1. The van der Waals surface area contributed by atoms with Crippen molar-refractivity contribution in [3.05, 3.63) is 52.8 Å². The number of likely N-dealkylation sites (N-methyl/N-ethyl adjacent to an activating group) is 1. The van der Waals surface area contributed by atoms with Crippen molar-refractivity contribution in [3.63, 3.8) is 0 Å². The van der Waals surface area contributed by atoms with Crippen LogP contribution in [-0.4, -0.2) is 55.0 Å². The zero-order chi connectivity index (χ0) is 19.3. The van der Waals surface area contributed by atoms with E-state index in [9.17, 15) is 9.59 Å².